The lowest BCUT2D eigenvalue weighted by molar-refractivity contribution is -0.143. The fourth-order valence-corrected chi connectivity index (χ4v) is 4.49. The summed E-state index contributed by atoms with van der Waals surface area (Å²) in [5.41, 5.74) is 4.07. The number of nitrogens with zero attached hydrogens (tertiary/aromatic N) is 3. The van der Waals surface area contributed by atoms with E-state index in [1.807, 2.05) is 19.9 Å². The molecule has 1 saturated heterocycles. The molecule has 3 aromatic rings. The van der Waals surface area contributed by atoms with Crippen LogP contribution in [0.3, 0.4) is 0 Å². The molecule has 9 heteroatoms. The lowest BCUT2D eigenvalue weighted by Crippen LogP contribution is -2.48. The van der Waals surface area contributed by atoms with Crippen LogP contribution < -0.4 is 10.3 Å². The Hall–Kier alpha value is -4.19. The van der Waals surface area contributed by atoms with Crippen molar-refractivity contribution in [3.05, 3.63) is 71.4 Å². The molecule has 1 aliphatic rings. The molecule has 1 aliphatic heterocycles. The third-order valence-electron chi connectivity index (χ3n) is 6.27. The maximum absolute atomic E-state index is 14.1. The minimum atomic E-state index is -0.717. The Labute approximate surface area is 208 Å². The van der Waals surface area contributed by atoms with Gasteiger partial charge < -0.3 is 14.3 Å². The van der Waals surface area contributed by atoms with E-state index < -0.39 is 23.7 Å². The van der Waals surface area contributed by atoms with Crippen molar-refractivity contribution < 1.29 is 23.3 Å². The smallest absolute Gasteiger partial charge is 0.275 e. The molecule has 0 saturated carbocycles. The van der Waals surface area contributed by atoms with Gasteiger partial charge in [0.1, 0.15) is 29.6 Å². The van der Waals surface area contributed by atoms with Crippen molar-refractivity contribution in [2.24, 2.45) is 5.92 Å². The third-order valence-corrected chi connectivity index (χ3v) is 6.27. The standard InChI is InChI=1S/C27H27FN4O4/c1-16(2)25(24-13-17(3)30-36-24)27(34)32-12-6-9-22(32)26(33)31-35-23-11-10-18(14-19(23)15-29)20-7-4-5-8-21(20)28/h4-5,7-8,10-11,13-14,16,22,25H,6,9,12H2,1-3H3,(H,31,33). The molecule has 8 nitrogen and oxygen atoms in total. The van der Waals surface area contributed by atoms with Gasteiger partial charge in [-0.15, -0.1) is 0 Å². The van der Waals surface area contributed by atoms with E-state index in [0.29, 0.717) is 42.0 Å². The number of hydroxylamine groups is 1. The van der Waals surface area contributed by atoms with Crippen molar-refractivity contribution in [3.8, 4) is 22.9 Å². The summed E-state index contributed by atoms with van der Waals surface area (Å²) in [6.07, 6.45) is 1.16. The number of likely N-dealkylation sites (tertiary alicyclic amines) is 1. The molecule has 0 aliphatic carbocycles. The zero-order valence-electron chi connectivity index (χ0n) is 20.3. The molecule has 1 fully saturated rings. The van der Waals surface area contributed by atoms with E-state index in [1.165, 1.54) is 18.2 Å². The normalized spacial score (nSPS) is 16.0. The summed E-state index contributed by atoms with van der Waals surface area (Å²) in [6.45, 7) is 6.07. The van der Waals surface area contributed by atoms with Gasteiger partial charge in [-0.1, -0.05) is 43.3 Å². The Balaban J connectivity index is 1.47. The van der Waals surface area contributed by atoms with E-state index in [2.05, 4.69) is 10.6 Å². The van der Waals surface area contributed by atoms with Gasteiger partial charge in [0.25, 0.3) is 5.91 Å². The zero-order chi connectivity index (χ0) is 25.8. The average molecular weight is 491 g/mol. The van der Waals surface area contributed by atoms with Crippen LogP contribution in [0.4, 0.5) is 4.39 Å². The molecule has 2 aromatic carbocycles. The number of hydrogen-bond donors (Lipinski definition) is 1. The second-order valence-electron chi connectivity index (χ2n) is 9.15. The molecule has 4 rings (SSSR count). The van der Waals surface area contributed by atoms with Crippen LogP contribution in [-0.2, 0) is 9.59 Å². The number of carbonyl (C=O) groups excluding carboxylic acids is 2. The number of benzene rings is 2. The minimum absolute atomic E-state index is 0.0587. The third kappa shape index (κ3) is 5.08. The van der Waals surface area contributed by atoms with Crippen LogP contribution in [0.1, 0.15) is 49.6 Å². The van der Waals surface area contributed by atoms with Crippen LogP contribution in [0.15, 0.2) is 53.1 Å². The first-order valence-electron chi connectivity index (χ1n) is 11.8. The fourth-order valence-electron chi connectivity index (χ4n) is 4.49. The number of rotatable bonds is 7. The van der Waals surface area contributed by atoms with E-state index in [4.69, 9.17) is 9.36 Å². The highest BCUT2D eigenvalue weighted by Gasteiger charge is 2.40. The summed E-state index contributed by atoms with van der Waals surface area (Å²) in [6, 6.07) is 13.9. The molecular formula is C27H27FN4O4. The maximum atomic E-state index is 14.1. The first-order valence-corrected chi connectivity index (χ1v) is 11.8. The van der Waals surface area contributed by atoms with Crippen LogP contribution in [-0.4, -0.2) is 34.5 Å². The fraction of sp³-hybridized carbons (Fsp3) is 0.333. The Morgan fingerprint density at radius 3 is 2.69 bits per heavy atom. The van der Waals surface area contributed by atoms with Gasteiger partial charge in [0, 0.05) is 18.2 Å². The van der Waals surface area contributed by atoms with Gasteiger partial charge in [0.05, 0.1) is 11.3 Å². The number of halogens is 1. The van der Waals surface area contributed by atoms with E-state index in [-0.39, 0.29) is 23.1 Å². The summed E-state index contributed by atoms with van der Waals surface area (Å²) in [4.78, 5) is 33.4. The van der Waals surface area contributed by atoms with E-state index in [0.717, 1.165) is 0 Å². The lowest BCUT2D eigenvalue weighted by Gasteiger charge is -2.28. The molecule has 2 amide bonds. The Morgan fingerprint density at radius 1 is 1.25 bits per heavy atom. The minimum Gasteiger partial charge on any atom is -0.378 e. The van der Waals surface area contributed by atoms with E-state index >= 15 is 0 Å². The summed E-state index contributed by atoms with van der Waals surface area (Å²) in [5, 5.41) is 13.5. The summed E-state index contributed by atoms with van der Waals surface area (Å²) in [7, 11) is 0. The number of hydrogen-bond acceptors (Lipinski definition) is 6. The maximum Gasteiger partial charge on any atom is 0.275 e. The molecule has 2 atom stereocenters. The second kappa shape index (κ2) is 10.6. The van der Waals surface area contributed by atoms with Gasteiger partial charge in [-0.2, -0.15) is 10.7 Å². The van der Waals surface area contributed by atoms with Crippen LogP contribution in [0.2, 0.25) is 0 Å². The van der Waals surface area contributed by atoms with Crippen molar-refractivity contribution in [1.29, 1.82) is 5.26 Å². The summed E-state index contributed by atoms with van der Waals surface area (Å²) in [5.74, 6) is -1.12. The number of nitriles is 1. The van der Waals surface area contributed by atoms with E-state index in [9.17, 15) is 19.2 Å². The van der Waals surface area contributed by atoms with Gasteiger partial charge in [0.15, 0.2) is 5.75 Å². The Morgan fingerprint density at radius 2 is 2.03 bits per heavy atom. The lowest BCUT2D eigenvalue weighted by atomic mass is 9.91. The number of amides is 2. The summed E-state index contributed by atoms with van der Waals surface area (Å²) < 4.78 is 19.5. The molecule has 2 heterocycles. The van der Waals surface area contributed by atoms with Crippen LogP contribution in [0.5, 0.6) is 5.75 Å². The number of nitrogens with one attached hydrogen (secondary N) is 1. The molecular weight excluding hydrogens is 463 g/mol. The molecule has 1 aromatic heterocycles. The Kier molecular flexibility index (Phi) is 7.34. The predicted molar refractivity (Wildman–Crippen MR) is 129 cm³/mol. The zero-order valence-corrected chi connectivity index (χ0v) is 20.3. The number of carbonyl (C=O) groups is 2. The van der Waals surface area contributed by atoms with Crippen molar-refractivity contribution in [1.82, 2.24) is 15.5 Å². The van der Waals surface area contributed by atoms with Crippen molar-refractivity contribution in [2.75, 3.05) is 6.54 Å². The molecule has 0 spiro atoms. The number of aromatic nitrogens is 1. The molecule has 0 bridgehead atoms. The SMILES string of the molecule is Cc1cc(C(C(=O)N2CCCC2C(=O)NOc2ccc(-c3ccccc3F)cc2C#N)C(C)C)on1. The van der Waals surface area contributed by atoms with Crippen molar-refractivity contribution in [3.63, 3.8) is 0 Å². The van der Waals surface area contributed by atoms with Crippen molar-refractivity contribution in [2.45, 2.75) is 45.6 Å². The quantitative estimate of drug-likeness (QED) is 0.489. The second-order valence-corrected chi connectivity index (χ2v) is 9.15. The first kappa shape index (κ1) is 24.9. The topological polar surface area (TPSA) is 108 Å². The number of aryl methyl sites for hydroxylation is 1. The van der Waals surface area contributed by atoms with Crippen LogP contribution >= 0.6 is 0 Å². The molecule has 186 valence electrons. The van der Waals surface area contributed by atoms with Crippen molar-refractivity contribution >= 4 is 11.8 Å². The van der Waals surface area contributed by atoms with Crippen LogP contribution in [0.25, 0.3) is 11.1 Å². The molecule has 2 unspecified atom stereocenters. The first-order chi connectivity index (χ1) is 17.3. The Bertz CT molecular complexity index is 1310. The molecule has 36 heavy (non-hydrogen) atoms. The highest BCUT2D eigenvalue weighted by Crippen LogP contribution is 2.31. The van der Waals surface area contributed by atoms with Gasteiger partial charge >= 0.3 is 0 Å². The highest BCUT2D eigenvalue weighted by atomic mass is 19.1. The van der Waals surface area contributed by atoms with E-state index in [1.54, 1.807) is 42.2 Å². The average Bonchev–Trinajstić information content (AvgIpc) is 3.52. The molecule has 0 radical (unpaired) electrons. The van der Waals surface area contributed by atoms with Gasteiger partial charge in [-0.3, -0.25) is 9.59 Å². The molecule has 1 N–H and O–H groups in total. The largest absolute Gasteiger partial charge is 0.378 e. The van der Waals surface area contributed by atoms with Gasteiger partial charge in [-0.05, 0) is 49.4 Å². The van der Waals surface area contributed by atoms with Gasteiger partial charge in [-0.25, -0.2) is 4.39 Å². The summed E-state index contributed by atoms with van der Waals surface area (Å²) >= 11 is 0. The predicted octanol–water partition coefficient (Wildman–Crippen LogP) is 4.50. The van der Waals surface area contributed by atoms with Crippen LogP contribution in [0, 0.1) is 30.0 Å². The monoisotopic (exact) mass is 490 g/mol. The highest BCUT2D eigenvalue weighted by molar-refractivity contribution is 5.90. The van der Waals surface area contributed by atoms with Gasteiger partial charge in [0.2, 0.25) is 5.91 Å².